The van der Waals surface area contributed by atoms with Crippen LogP contribution in [0.5, 0.6) is 0 Å². The Balaban J connectivity index is 3.75. The third-order valence-electron chi connectivity index (χ3n) is 1.77. The monoisotopic (exact) mass is 211 g/mol. The Bertz CT molecular complexity index is 255. The predicted molar refractivity (Wildman–Crippen MR) is 56.0 cm³/mol. The first-order valence-corrected chi connectivity index (χ1v) is 4.93. The van der Waals surface area contributed by atoms with Gasteiger partial charge in [0.25, 0.3) is 0 Å². The van der Waals surface area contributed by atoms with Gasteiger partial charge in [-0.1, -0.05) is 13.5 Å². The number of rotatable bonds is 7. The van der Waals surface area contributed by atoms with Crippen molar-refractivity contribution in [2.75, 3.05) is 13.2 Å². The fraction of sp³-hybridized carbons (Fsp3) is 0.636. The molecule has 0 radical (unpaired) electrons. The van der Waals surface area contributed by atoms with E-state index in [4.69, 9.17) is 14.7 Å². The zero-order valence-corrected chi connectivity index (χ0v) is 9.28. The second-order valence-corrected chi connectivity index (χ2v) is 3.19. The molecule has 0 spiro atoms. The number of ether oxygens (including phenoxy) is 2. The summed E-state index contributed by atoms with van der Waals surface area (Å²) < 4.78 is 10.3. The van der Waals surface area contributed by atoms with Crippen LogP contribution in [0.25, 0.3) is 0 Å². The van der Waals surface area contributed by atoms with Gasteiger partial charge >= 0.3 is 5.97 Å². The number of carbonyl (C=O) groups excluding carboxylic acids is 1. The second kappa shape index (κ2) is 8.01. The number of nitriles is 1. The molecular formula is C11H17NO3. The summed E-state index contributed by atoms with van der Waals surface area (Å²) in [4.78, 5) is 11.1. The van der Waals surface area contributed by atoms with E-state index in [9.17, 15) is 4.79 Å². The summed E-state index contributed by atoms with van der Waals surface area (Å²) in [5, 5.41) is 8.32. The van der Waals surface area contributed by atoms with Crippen molar-refractivity contribution in [2.45, 2.75) is 32.8 Å². The molecule has 4 nitrogen and oxygen atoms in total. The molecule has 15 heavy (non-hydrogen) atoms. The maximum Gasteiger partial charge on any atom is 0.333 e. The fourth-order valence-electron chi connectivity index (χ4n) is 0.847. The smallest absolute Gasteiger partial charge is 0.333 e. The van der Waals surface area contributed by atoms with E-state index in [1.54, 1.807) is 6.92 Å². The van der Waals surface area contributed by atoms with Gasteiger partial charge in [-0.25, -0.2) is 4.79 Å². The summed E-state index contributed by atoms with van der Waals surface area (Å²) >= 11 is 0. The van der Waals surface area contributed by atoms with E-state index < -0.39 is 5.97 Å². The molecule has 0 fully saturated rings. The highest BCUT2D eigenvalue weighted by Gasteiger charge is 2.10. The van der Waals surface area contributed by atoms with Crippen molar-refractivity contribution >= 4 is 5.97 Å². The van der Waals surface area contributed by atoms with Gasteiger partial charge in [0.05, 0.1) is 25.2 Å². The Morgan fingerprint density at radius 2 is 2.27 bits per heavy atom. The zero-order chi connectivity index (χ0) is 11.7. The number of nitrogens with zero attached hydrogens (tertiary/aromatic N) is 1. The lowest BCUT2D eigenvalue weighted by Crippen LogP contribution is -2.22. The summed E-state index contributed by atoms with van der Waals surface area (Å²) in [5.41, 5.74) is 0.377. The van der Waals surface area contributed by atoms with Crippen LogP contribution < -0.4 is 0 Å². The normalized spacial score (nSPS) is 11.5. The first kappa shape index (κ1) is 13.7. The van der Waals surface area contributed by atoms with Crippen molar-refractivity contribution in [3.63, 3.8) is 0 Å². The molecule has 0 aromatic rings. The summed E-state index contributed by atoms with van der Waals surface area (Å²) in [5.74, 6) is -0.405. The molecule has 0 aliphatic carbocycles. The minimum absolute atomic E-state index is 0.137. The van der Waals surface area contributed by atoms with E-state index in [1.807, 2.05) is 13.0 Å². The van der Waals surface area contributed by atoms with Gasteiger partial charge in [0, 0.05) is 5.57 Å². The van der Waals surface area contributed by atoms with Gasteiger partial charge in [-0.05, 0) is 13.3 Å². The van der Waals surface area contributed by atoms with Crippen LogP contribution in [0.4, 0.5) is 0 Å². The summed E-state index contributed by atoms with van der Waals surface area (Å²) in [6.07, 6.45) is 0.960. The third kappa shape index (κ3) is 6.69. The van der Waals surface area contributed by atoms with Gasteiger partial charge in [-0.15, -0.1) is 0 Å². The molecule has 1 atom stereocenters. The molecule has 0 bridgehead atoms. The first-order valence-electron chi connectivity index (χ1n) is 4.93. The molecule has 0 saturated carbocycles. The van der Waals surface area contributed by atoms with Gasteiger partial charge in [-0.3, -0.25) is 0 Å². The van der Waals surface area contributed by atoms with Crippen LogP contribution in [0.3, 0.4) is 0 Å². The van der Waals surface area contributed by atoms with Crippen molar-refractivity contribution in [2.24, 2.45) is 0 Å². The fourth-order valence-corrected chi connectivity index (χ4v) is 0.847. The highest BCUT2D eigenvalue weighted by molar-refractivity contribution is 5.86. The minimum atomic E-state index is -0.405. The van der Waals surface area contributed by atoms with E-state index in [1.165, 1.54) is 0 Å². The lowest BCUT2D eigenvalue weighted by molar-refractivity contribution is -0.143. The van der Waals surface area contributed by atoms with Gasteiger partial charge in [0.1, 0.15) is 6.61 Å². The van der Waals surface area contributed by atoms with Crippen LogP contribution in [0, 0.1) is 11.3 Å². The molecule has 0 rings (SSSR count). The van der Waals surface area contributed by atoms with Gasteiger partial charge in [-0.2, -0.15) is 5.26 Å². The van der Waals surface area contributed by atoms with E-state index in [0.717, 1.165) is 6.42 Å². The van der Waals surface area contributed by atoms with Crippen LogP contribution in [0.2, 0.25) is 0 Å². The summed E-state index contributed by atoms with van der Waals surface area (Å²) in [7, 11) is 0. The average molecular weight is 211 g/mol. The second-order valence-electron chi connectivity index (χ2n) is 3.19. The standard InChI is InChI=1S/C11H17NO3/c1-4-10(14-7-5-6-12)8-15-11(13)9(2)3/h10H,2,4-5,7-8H2,1,3H3. The summed E-state index contributed by atoms with van der Waals surface area (Å²) in [6.45, 7) is 7.60. The highest BCUT2D eigenvalue weighted by atomic mass is 16.6. The van der Waals surface area contributed by atoms with Crippen LogP contribution in [0.1, 0.15) is 26.7 Å². The molecule has 0 amide bonds. The lowest BCUT2D eigenvalue weighted by atomic mass is 10.3. The predicted octanol–water partition coefficient (Wildman–Crippen LogP) is 1.81. The molecular weight excluding hydrogens is 194 g/mol. The molecule has 84 valence electrons. The maximum atomic E-state index is 11.1. The number of esters is 1. The van der Waals surface area contributed by atoms with Gasteiger partial charge in [0.2, 0.25) is 0 Å². The Kier molecular flexibility index (Phi) is 7.29. The minimum Gasteiger partial charge on any atom is -0.460 e. The van der Waals surface area contributed by atoms with Crippen LogP contribution in [0.15, 0.2) is 12.2 Å². The first-order chi connectivity index (χ1) is 7.11. The number of hydrogen-bond donors (Lipinski definition) is 0. The molecule has 0 aliphatic heterocycles. The third-order valence-corrected chi connectivity index (χ3v) is 1.77. The van der Waals surface area contributed by atoms with Crippen molar-refractivity contribution in [1.82, 2.24) is 0 Å². The Morgan fingerprint density at radius 3 is 2.73 bits per heavy atom. The number of hydrogen-bond acceptors (Lipinski definition) is 4. The maximum absolute atomic E-state index is 11.1. The topological polar surface area (TPSA) is 59.3 Å². The van der Waals surface area contributed by atoms with Crippen molar-refractivity contribution < 1.29 is 14.3 Å². The quantitative estimate of drug-likeness (QED) is 0.366. The highest BCUT2D eigenvalue weighted by Crippen LogP contribution is 2.02. The molecule has 0 saturated heterocycles. The zero-order valence-electron chi connectivity index (χ0n) is 9.28. The van der Waals surface area contributed by atoms with E-state index in [-0.39, 0.29) is 12.7 Å². The Morgan fingerprint density at radius 1 is 1.60 bits per heavy atom. The van der Waals surface area contributed by atoms with E-state index in [2.05, 4.69) is 6.58 Å². The lowest BCUT2D eigenvalue weighted by Gasteiger charge is -2.15. The van der Waals surface area contributed by atoms with Crippen molar-refractivity contribution in [3.05, 3.63) is 12.2 Å². The van der Waals surface area contributed by atoms with Crippen LogP contribution in [-0.2, 0) is 14.3 Å². The van der Waals surface area contributed by atoms with Crippen LogP contribution in [-0.4, -0.2) is 25.3 Å². The van der Waals surface area contributed by atoms with Crippen LogP contribution >= 0.6 is 0 Å². The Labute approximate surface area is 90.5 Å². The summed E-state index contributed by atoms with van der Waals surface area (Å²) in [6, 6.07) is 1.98. The van der Waals surface area contributed by atoms with Crippen molar-refractivity contribution in [1.29, 1.82) is 5.26 Å². The number of carbonyl (C=O) groups is 1. The molecule has 0 aliphatic rings. The molecule has 4 heteroatoms. The van der Waals surface area contributed by atoms with E-state index >= 15 is 0 Å². The Hall–Kier alpha value is -1.34. The average Bonchev–Trinajstić information content (AvgIpc) is 2.22. The molecule has 0 aromatic carbocycles. The van der Waals surface area contributed by atoms with Crippen molar-refractivity contribution in [3.8, 4) is 6.07 Å². The van der Waals surface area contributed by atoms with Gasteiger partial charge in [0.15, 0.2) is 0 Å². The van der Waals surface area contributed by atoms with E-state index in [0.29, 0.717) is 18.6 Å². The molecule has 0 aromatic heterocycles. The molecule has 0 N–H and O–H groups in total. The largest absolute Gasteiger partial charge is 0.460 e. The SMILES string of the molecule is C=C(C)C(=O)OCC(CC)OCCC#N. The molecule has 1 unspecified atom stereocenters. The van der Waals surface area contributed by atoms with Gasteiger partial charge < -0.3 is 9.47 Å². The molecule has 0 heterocycles.